The lowest BCUT2D eigenvalue weighted by atomic mass is 10.1. The average Bonchev–Trinajstić information content (AvgIpc) is 2.80. The molecule has 1 aliphatic rings. The highest BCUT2D eigenvalue weighted by Gasteiger charge is 2.37. The maximum absolute atomic E-state index is 13.2. The Morgan fingerprint density at radius 2 is 1.67 bits per heavy atom. The summed E-state index contributed by atoms with van der Waals surface area (Å²) in [6.45, 7) is 9.93. The quantitative estimate of drug-likeness (QED) is 0.293. The molecule has 0 aliphatic carbocycles. The fraction of sp³-hybridized carbons (Fsp3) is 0.423. The first-order chi connectivity index (χ1) is 17.0. The minimum absolute atomic E-state index is 0.0747. The number of anilines is 1. The van der Waals surface area contributed by atoms with Crippen molar-refractivity contribution < 1.29 is 27.9 Å². The first-order valence-corrected chi connectivity index (χ1v) is 13.7. The Bertz CT molecular complexity index is 1130. The molecule has 2 unspecified atom stereocenters. The summed E-state index contributed by atoms with van der Waals surface area (Å²) in [5.41, 5.74) is 1.50. The summed E-state index contributed by atoms with van der Waals surface area (Å²) in [5, 5.41) is 10.9. The summed E-state index contributed by atoms with van der Waals surface area (Å²) < 4.78 is 38.5. The highest BCUT2D eigenvalue weighted by atomic mass is 32.2. The molecule has 1 aliphatic heterocycles. The molecule has 196 valence electrons. The molecule has 3 rings (SSSR count). The van der Waals surface area contributed by atoms with Crippen LogP contribution in [0.5, 0.6) is 11.5 Å². The molecule has 1 heterocycles. The molecule has 9 nitrogen and oxygen atoms in total. The van der Waals surface area contributed by atoms with Gasteiger partial charge in [-0.3, -0.25) is 19.2 Å². The highest BCUT2D eigenvalue weighted by molar-refractivity contribution is 7.92. The number of hydrogen-bond acceptors (Lipinski definition) is 7. The Kier molecular flexibility index (Phi) is 9.13. The summed E-state index contributed by atoms with van der Waals surface area (Å²) in [6.07, 6.45) is 2.19. The van der Waals surface area contributed by atoms with Crippen LogP contribution in [-0.2, 0) is 19.6 Å². The molecule has 2 aromatic carbocycles. The fourth-order valence-corrected chi connectivity index (χ4v) is 5.14. The second kappa shape index (κ2) is 11.9. The SMILES string of the molecule is C=CCN(O)C(=O)[C@H](CN(c1ccc(Oc2ccc(C)cc2)cc1)S(C)(=O)=O)N1CC(C)OC(C)C1. The number of carbonyl (C=O) groups is 1. The number of morpholine rings is 1. The van der Waals surface area contributed by atoms with Crippen LogP contribution in [0, 0.1) is 6.92 Å². The van der Waals surface area contributed by atoms with Crippen LogP contribution >= 0.6 is 0 Å². The minimum atomic E-state index is -3.76. The van der Waals surface area contributed by atoms with E-state index in [1.165, 1.54) is 10.4 Å². The Labute approximate surface area is 213 Å². The molecular formula is C26H35N3O6S. The van der Waals surface area contributed by atoms with Crippen molar-refractivity contribution in [2.24, 2.45) is 0 Å². The van der Waals surface area contributed by atoms with Crippen LogP contribution in [0.1, 0.15) is 19.4 Å². The molecule has 0 radical (unpaired) electrons. The maximum Gasteiger partial charge on any atom is 0.265 e. The molecule has 1 N–H and O–H groups in total. The number of nitrogens with zero attached hydrogens (tertiary/aromatic N) is 3. The van der Waals surface area contributed by atoms with Gasteiger partial charge in [-0.05, 0) is 57.2 Å². The first-order valence-electron chi connectivity index (χ1n) is 11.8. The van der Waals surface area contributed by atoms with Crippen molar-refractivity contribution in [1.82, 2.24) is 9.96 Å². The molecule has 10 heteroatoms. The van der Waals surface area contributed by atoms with Crippen molar-refractivity contribution in [3.8, 4) is 11.5 Å². The zero-order chi connectivity index (χ0) is 26.5. The van der Waals surface area contributed by atoms with Gasteiger partial charge in [0.1, 0.15) is 17.5 Å². The van der Waals surface area contributed by atoms with Crippen LogP contribution in [0.4, 0.5) is 5.69 Å². The van der Waals surface area contributed by atoms with Gasteiger partial charge >= 0.3 is 0 Å². The van der Waals surface area contributed by atoms with Crippen LogP contribution in [0.25, 0.3) is 0 Å². The average molecular weight is 518 g/mol. The van der Waals surface area contributed by atoms with Crippen LogP contribution < -0.4 is 9.04 Å². The number of amides is 1. The standard InChI is InChI=1S/C26H35N3O6S/c1-6-15-28(31)26(30)25(27-16-20(3)34-21(4)17-27)18-29(36(5,32)33)22-9-13-24(14-10-22)35-23-11-7-19(2)8-12-23/h6-14,20-21,25,31H,1,15-18H2,2-5H3/t20?,21?,25-/m0/s1. The van der Waals surface area contributed by atoms with Gasteiger partial charge in [0.05, 0.1) is 37.2 Å². The molecule has 0 spiro atoms. The number of hydroxylamine groups is 2. The van der Waals surface area contributed by atoms with Gasteiger partial charge in [-0.1, -0.05) is 23.8 Å². The zero-order valence-corrected chi connectivity index (χ0v) is 22.0. The molecule has 3 atom stereocenters. The van der Waals surface area contributed by atoms with Crippen molar-refractivity contribution in [3.05, 3.63) is 66.7 Å². The van der Waals surface area contributed by atoms with E-state index in [1.54, 1.807) is 24.3 Å². The van der Waals surface area contributed by atoms with Gasteiger partial charge in [-0.15, -0.1) is 6.58 Å². The van der Waals surface area contributed by atoms with Crippen molar-refractivity contribution >= 4 is 21.6 Å². The van der Waals surface area contributed by atoms with E-state index in [-0.39, 0.29) is 25.3 Å². The van der Waals surface area contributed by atoms with E-state index < -0.39 is 22.0 Å². The number of aryl methyl sites for hydroxylation is 1. The summed E-state index contributed by atoms with van der Waals surface area (Å²) >= 11 is 0. The third kappa shape index (κ3) is 7.30. The Morgan fingerprint density at radius 1 is 1.14 bits per heavy atom. The monoisotopic (exact) mass is 517 g/mol. The predicted molar refractivity (Wildman–Crippen MR) is 139 cm³/mol. The van der Waals surface area contributed by atoms with E-state index in [2.05, 4.69) is 6.58 Å². The summed E-state index contributed by atoms with van der Waals surface area (Å²) in [4.78, 5) is 15.1. The lowest BCUT2D eigenvalue weighted by Gasteiger charge is -2.41. The number of ether oxygens (including phenoxy) is 2. The van der Waals surface area contributed by atoms with Crippen LogP contribution in [0.3, 0.4) is 0 Å². The van der Waals surface area contributed by atoms with Crippen LogP contribution in [0.15, 0.2) is 61.2 Å². The van der Waals surface area contributed by atoms with Gasteiger partial charge < -0.3 is 9.47 Å². The largest absolute Gasteiger partial charge is 0.457 e. The summed E-state index contributed by atoms with van der Waals surface area (Å²) in [5.74, 6) is 0.607. The second-order valence-corrected chi connectivity index (χ2v) is 11.0. The topological polar surface area (TPSA) is 99.6 Å². The normalized spacial score (nSPS) is 19.4. The molecule has 1 fully saturated rings. The van der Waals surface area contributed by atoms with E-state index in [0.29, 0.717) is 35.3 Å². The third-order valence-electron chi connectivity index (χ3n) is 5.85. The molecule has 2 aromatic rings. The minimum Gasteiger partial charge on any atom is -0.457 e. The fourth-order valence-electron chi connectivity index (χ4n) is 4.22. The van der Waals surface area contributed by atoms with Gasteiger partial charge in [0.15, 0.2) is 0 Å². The van der Waals surface area contributed by atoms with E-state index in [4.69, 9.17) is 9.47 Å². The number of carbonyl (C=O) groups excluding carboxylic acids is 1. The van der Waals surface area contributed by atoms with Crippen LogP contribution in [0.2, 0.25) is 0 Å². The smallest absolute Gasteiger partial charge is 0.265 e. The molecule has 0 aromatic heterocycles. The van der Waals surface area contributed by atoms with Crippen molar-refractivity contribution in [2.75, 3.05) is 36.7 Å². The van der Waals surface area contributed by atoms with Gasteiger partial charge in [0, 0.05) is 13.1 Å². The lowest BCUT2D eigenvalue weighted by Crippen LogP contribution is -2.59. The Balaban J connectivity index is 1.88. The number of hydrogen-bond donors (Lipinski definition) is 1. The maximum atomic E-state index is 13.2. The molecular weight excluding hydrogens is 482 g/mol. The molecule has 0 bridgehead atoms. The first kappa shape index (κ1) is 27.7. The molecule has 1 amide bonds. The van der Waals surface area contributed by atoms with E-state index >= 15 is 0 Å². The number of benzene rings is 2. The lowest BCUT2D eigenvalue weighted by molar-refractivity contribution is -0.172. The Morgan fingerprint density at radius 3 is 2.17 bits per heavy atom. The molecule has 36 heavy (non-hydrogen) atoms. The second-order valence-electron chi connectivity index (χ2n) is 9.14. The highest BCUT2D eigenvalue weighted by Crippen LogP contribution is 2.27. The predicted octanol–water partition coefficient (Wildman–Crippen LogP) is 3.43. The molecule has 0 saturated carbocycles. The number of rotatable bonds is 10. The van der Waals surface area contributed by atoms with Crippen molar-refractivity contribution in [3.63, 3.8) is 0 Å². The van der Waals surface area contributed by atoms with Crippen LogP contribution in [-0.4, -0.2) is 80.2 Å². The Hall–Kier alpha value is -2.92. The van der Waals surface area contributed by atoms with Gasteiger partial charge in [0.2, 0.25) is 10.0 Å². The summed E-state index contributed by atoms with van der Waals surface area (Å²) in [7, 11) is -3.76. The van der Waals surface area contributed by atoms with Crippen molar-refractivity contribution in [2.45, 2.75) is 39.0 Å². The van der Waals surface area contributed by atoms with Gasteiger partial charge in [0.25, 0.3) is 5.91 Å². The van der Waals surface area contributed by atoms with E-state index in [0.717, 1.165) is 11.8 Å². The third-order valence-corrected chi connectivity index (χ3v) is 7.01. The summed E-state index contributed by atoms with van der Waals surface area (Å²) in [6, 6.07) is 13.3. The number of sulfonamides is 1. The van der Waals surface area contributed by atoms with Gasteiger partial charge in [-0.2, -0.15) is 0 Å². The van der Waals surface area contributed by atoms with E-state index in [9.17, 15) is 18.4 Å². The van der Waals surface area contributed by atoms with Crippen molar-refractivity contribution in [1.29, 1.82) is 0 Å². The van der Waals surface area contributed by atoms with Gasteiger partial charge in [-0.25, -0.2) is 13.5 Å². The molecule has 1 saturated heterocycles. The zero-order valence-electron chi connectivity index (χ0n) is 21.2. The van der Waals surface area contributed by atoms with E-state index in [1.807, 2.05) is 49.9 Å².